The zero-order valence-corrected chi connectivity index (χ0v) is 15.7. The number of hydrogen-bond donors (Lipinski definition) is 0. The maximum Gasteiger partial charge on any atom is 0.303 e. The second kappa shape index (κ2) is 7.73. The topological polar surface area (TPSA) is 99.4 Å². The molecule has 144 valence electrons. The number of nitrogens with zero attached hydrogens (tertiary/aromatic N) is 5. The zero-order chi connectivity index (χ0) is 19.4. The Kier molecular flexibility index (Phi) is 5.38. The molecule has 1 aliphatic rings. The van der Waals surface area contributed by atoms with Gasteiger partial charge in [0, 0.05) is 51.3 Å². The van der Waals surface area contributed by atoms with Crippen molar-refractivity contribution in [3.05, 3.63) is 30.6 Å². The summed E-state index contributed by atoms with van der Waals surface area (Å²) < 4.78 is 12.6. The minimum Gasteiger partial charge on any atom is -0.473 e. The highest BCUT2D eigenvalue weighted by atomic mass is 16.6. The second-order valence-corrected chi connectivity index (χ2v) is 6.89. The van der Waals surface area contributed by atoms with Gasteiger partial charge in [0.25, 0.3) is 5.91 Å². The molecule has 3 heterocycles. The lowest BCUT2D eigenvalue weighted by atomic mass is 10.0. The van der Waals surface area contributed by atoms with E-state index in [-0.39, 0.29) is 12.0 Å². The molecular formula is C18H23N5O4. The van der Waals surface area contributed by atoms with Crippen LogP contribution in [0.15, 0.2) is 30.6 Å². The molecule has 1 saturated heterocycles. The summed E-state index contributed by atoms with van der Waals surface area (Å²) >= 11 is 0. The molecule has 9 nitrogen and oxygen atoms in total. The lowest BCUT2D eigenvalue weighted by molar-refractivity contribution is -0.169. The Balaban J connectivity index is 1.52. The van der Waals surface area contributed by atoms with Crippen LogP contribution in [0.2, 0.25) is 0 Å². The quantitative estimate of drug-likeness (QED) is 0.730. The molecular weight excluding hydrogens is 350 g/mol. The molecule has 9 heteroatoms. The van der Waals surface area contributed by atoms with Gasteiger partial charge in [-0.15, -0.1) is 10.2 Å². The van der Waals surface area contributed by atoms with Crippen molar-refractivity contribution in [3.8, 4) is 11.7 Å². The summed E-state index contributed by atoms with van der Waals surface area (Å²) in [5, 5.41) is 12.3. The van der Waals surface area contributed by atoms with Crippen LogP contribution < -0.4 is 4.74 Å². The van der Waals surface area contributed by atoms with Gasteiger partial charge in [0.15, 0.2) is 11.4 Å². The molecule has 0 spiro atoms. The minimum atomic E-state index is -1.16. The molecule has 1 amide bonds. The lowest BCUT2D eigenvalue weighted by Crippen LogP contribution is -2.51. The standard InChI is InChI=1S/C18H23N5O4/c1-13(24)27-18(2,3)17(25)22-11-7-14(8-12-22)26-16-6-5-15(20-21-16)23-10-4-9-19-23/h4-6,9-10,14H,7-8,11-12H2,1-3H3. The number of likely N-dealkylation sites (tertiary alicyclic amines) is 1. The Labute approximate surface area is 157 Å². The molecule has 0 radical (unpaired) electrons. The van der Waals surface area contributed by atoms with Crippen LogP contribution in [0.4, 0.5) is 0 Å². The van der Waals surface area contributed by atoms with Crippen molar-refractivity contribution >= 4 is 11.9 Å². The molecule has 27 heavy (non-hydrogen) atoms. The number of aromatic nitrogens is 4. The average Bonchev–Trinajstić information content (AvgIpc) is 3.16. The first-order chi connectivity index (χ1) is 12.8. The van der Waals surface area contributed by atoms with Crippen LogP contribution >= 0.6 is 0 Å². The van der Waals surface area contributed by atoms with Gasteiger partial charge in [0.2, 0.25) is 5.88 Å². The van der Waals surface area contributed by atoms with Crippen molar-refractivity contribution in [2.24, 2.45) is 0 Å². The zero-order valence-electron chi connectivity index (χ0n) is 15.7. The monoisotopic (exact) mass is 373 g/mol. The van der Waals surface area contributed by atoms with Gasteiger partial charge >= 0.3 is 5.97 Å². The van der Waals surface area contributed by atoms with Crippen molar-refractivity contribution < 1.29 is 19.1 Å². The number of hydrogen-bond acceptors (Lipinski definition) is 7. The smallest absolute Gasteiger partial charge is 0.303 e. The molecule has 1 aliphatic heterocycles. The van der Waals surface area contributed by atoms with E-state index in [1.807, 2.05) is 6.07 Å². The summed E-state index contributed by atoms with van der Waals surface area (Å²) in [6, 6.07) is 5.35. The predicted molar refractivity (Wildman–Crippen MR) is 95.2 cm³/mol. The van der Waals surface area contributed by atoms with Crippen molar-refractivity contribution in [1.82, 2.24) is 24.9 Å². The van der Waals surface area contributed by atoms with Crippen molar-refractivity contribution in [1.29, 1.82) is 0 Å². The van der Waals surface area contributed by atoms with E-state index in [2.05, 4.69) is 15.3 Å². The van der Waals surface area contributed by atoms with E-state index < -0.39 is 11.6 Å². The summed E-state index contributed by atoms with van der Waals surface area (Å²) in [4.78, 5) is 25.4. The van der Waals surface area contributed by atoms with Crippen LogP contribution in [0, 0.1) is 0 Å². The first-order valence-corrected chi connectivity index (χ1v) is 8.84. The normalized spacial score (nSPS) is 15.4. The molecule has 0 saturated carbocycles. The molecule has 0 aromatic carbocycles. The van der Waals surface area contributed by atoms with Crippen molar-refractivity contribution in [3.63, 3.8) is 0 Å². The first kappa shape index (κ1) is 18.8. The first-order valence-electron chi connectivity index (χ1n) is 8.84. The van der Waals surface area contributed by atoms with Crippen LogP contribution in [0.1, 0.15) is 33.6 Å². The summed E-state index contributed by atoms with van der Waals surface area (Å²) in [6.45, 7) is 5.58. The van der Waals surface area contributed by atoms with Gasteiger partial charge in [-0.05, 0) is 26.0 Å². The average molecular weight is 373 g/mol. The minimum absolute atomic E-state index is 0.0456. The van der Waals surface area contributed by atoms with Crippen molar-refractivity contribution in [2.75, 3.05) is 13.1 Å². The molecule has 0 atom stereocenters. The number of ether oxygens (including phenoxy) is 2. The van der Waals surface area contributed by atoms with E-state index in [1.165, 1.54) is 6.92 Å². The summed E-state index contributed by atoms with van der Waals surface area (Å²) in [5.74, 6) is 0.389. The molecule has 2 aromatic rings. The van der Waals surface area contributed by atoms with Crippen LogP contribution in [-0.2, 0) is 14.3 Å². The highest BCUT2D eigenvalue weighted by Gasteiger charge is 2.37. The largest absolute Gasteiger partial charge is 0.473 e. The third-order valence-electron chi connectivity index (χ3n) is 4.30. The van der Waals surface area contributed by atoms with E-state index in [1.54, 1.807) is 48.0 Å². The van der Waals surface area contributed by atoms with Crippen molar-refractivity contribution in [2.45, 2.75) is 45.3 Å². The molecule has 2 aromatic heterocycles. The molecule has 3 rings (SSSR count). The predicted octanol–water partition coefficient (Wildman–Crippen LogP) is 1.37. The fourth-order valence-corrected chi connectivity index (χ4v) is 3.03. The Morgan fingerprint density at radius 1 is 1.19 bits per heavy atom. The Morgan fingerprint density at radius 3 is 2.48 bits per heavy atom. The molecule has 0 N–H and O–H groups in total. The third kappa shape index (κ3) is 4.60. The van der Waals surface area contributed by atoms with Gasteiger partial charge < -0.3 is 14.4 Å². The van der Waals surface area contributed by atoms with Gasteiger partial charge in [-0.3, -0.25) is 9.59 Å². The molecule has 1 fully saturated rings. The molecule has 0 bridgehead atoms. The highest BCUT2D eigenvalue weighted by molar-refractivity contribution is 5.86. The van der Waals surface area contributed by atoms with Crippen LogP contribution in [0.5, 0.6) is 5.88 Å². The van der Waals surface area contributed by atoms with E-state index in [9.17, 15) is 9.59 Å². The number of carbonyl (C=O) groups excluding carboxylic acids is 2. The van der Waals surface area contributed by atoms with Crippen LogP contribution in [0.25, 0.3) is 5.82 Å². The second-order valence-electron chi connectivity index (χ2n) is 6.89. The van der Waals surface area contributed by atoms with E-state index in [0.717, 1.165) is 0 Å². The number of rotatable bonds is 5. The van der Waals surface area contributed by atoms with E-state index in [4.69, 9.17) is 9.47 Å². The van der Waals surface area contributed by atoms with E-state index in [0.29, 0.717) is 37.6 Å². The molecule has 0 unspecified atom stereocenters. The van der Waals surface area contributed by atoms with E-state index >= 15 is 0 Å². The maximum absolute atomic E-state index is 12.5. The fraction of sp³-hybridized carbons (Fsp3) is 0.500. The van der Waals surface area contributed by atoms with Gasteiger partial charge in [-0.25, -0.2) is 4.68 Å². The number of esters is 1. The van der Waals surface area contributed by atoms with Gasteiger partial charge in [-0.2, -0.15) is 5.10 Å². The fourth-order valence-electron chi connectivity index (χ4n) is 3.03. The van der Waals surface area contributed by atoms with Gasteiger partial charge in [-0.1, -0.05) is 0 Å². The Hall–Kier alpha value is -2.97. The van der Waals surface area contributed by atoms with Gasteiger partial charge in [0.05, 0.1) is 0 Å². The summed E-state index contributed by atoms with van der Waals surface area (Å²) in [7, 11) is 0. The highest BCUT2D eigenvalue weighted by Crippen LogP contribution is 2.21. The lowest BCUT2D eigenvalue weighted by Gasteiger charge is -2.36. The summed E-state index contributed by atoms with van der Waals surface area (Å²) in [6.07, 6.45) is 4.75. The third-order valence-corrected chi connectivity index (χ3v) is 4.30. The Bertz CT molecular complexity index is 781. The van der Waals surface area contributed by atoms with Gasteiger partial charge in [0.1, 0.15) is 6.10 Å². The maximum atomic E-state index is 12.5. The number of carbonyl (C=O) groups is 2. The van der Waals surface area contributed by atoms with Crippen LogP contribution in [-0.4, -0.2) is 61.5 Å². The SMILES string of the molecule is CC(=O)OC(C)(C)C(=O)N1CCC(Oc2ccc(-n3cccn3)nn2)CC1. The number of amides is 1. The molecule has 0 aliphatic carbocycles. The Morgan fingerprint density at radius 2 is 1.93 bits per heavy atom. The number of piperidine rings is 1. The van der Waals surface area contributed by atoms with Crippen LogP contribution in [0.3, 0.4) is 0 Å². The summed E-state index contributed by atoms with van der Waals surface area (Å²) in [5.41, 5.74) is -1.16.